The van der Waals surface area contributed by atoms with Gasteiger partial charge in [-0.3, -0.25) is 0 Å². The normalized spacial score (nSPS) is 16.0. The van der Waals surface area contributed by atoms with E-state index in [1.165, 1.54) is 16.7 Å². The fraction of sp³-hybridized carbons (Fsp3) is 0.350. The number of fused-ring (bicyclic) bond motifs is 1. The molecular weight excluding hydrogens is 298 g/mol. The molecule has 0 amide bonds. The summed E-state index contributed by atoms with van der Waals surface area (Å²) in [5.41, 5.74) is 11.6. The van der Waals surface area contributed by atoms with Crippen molar-refractivity contribution in [3.63, 3.8) is 0 Å². The minimum absolute atomic E-state index is 0.577. The number of nitrogens with zero attached hydrogens (tertiary/aromatic N) is 2. The monoisotopic (exact) mass is 321 g/mol. The molecule has 2 aromatic carbocycles. The Morgan fingerprint density at radius 3 is 2.75 bits per heavy atom. The highest BCUT2D eigenvalue weighted by atomic mass is 16.4. The standard InChI is InChI=1S/C20H23N3O/c1-14-6-7-19-18(12-14)22-20(24-19)23-10-8-15(9-11-23)17-5-3-2-4-16(17)13-21/h2-7,12,15H,8-11,13,21H2,1H3. The van der Waals surface area contributed by atoms with Crippen LogP contribution in [0.15, 0.2) is 46.9 Å². The number of piperidine rings is 1. The highest BCUT2D eigenvalue weighted by Crippen LogP contribution is 2.33. The van der Waals surface area contributed by atoms with Gasteiger partial charge in [0, 0.05) is 19.6 Å². The summed E-state index contributed by atoms with van der Waals surface area (Å²) in [7, 11) is 0. The van der Waals surface area contributed by atoms with Crippen LogP contribution in [-0.2, 0) is 6.54 Å². The van der Waals surface area contributed by atoms with E-state index >= 15 is 0 Å². The highest BCUT2D eigenvalue weighted by molar-refractivity contribution is 5.75. The van der Waals surface area contributed by atoms with Gasteiger partial charge in [-0.15, -0.1) is 0 Å². The van der Waals surface area contributed by atoms with Gasteiger partial charge in [-0.1, -0.05) is 30.3 Å². The third-order valence-electron chi connectivity index (χ3n) is 5.01. The van der Waals surface area contributed by atoms with E-state index in [9.17, 15) is 0 Å². The molecule has 1 aliphatic rings. The summed E-state index contributed by atoms with van der Waals surface area (Å²) in [6.07, 6.45) is 2.21. The molecule has 0 atom stereocenters. The maximum absolute atomic E-state index is 5.94. The average molecular weight is 321 g/mol. The van der Waals surface area contributed by atoms with Crippen molar-refractivity contribution in [2.45, 2.75) is 32.2 Å². The second kappa shape index (κ2) is 6.29. The predicted octanol–water partition coefficient (Wildman–Crippen LogP) is 3.98. The molecule has 0 unspecified atom stereocenters. The van der Waals surface area contributed by atoms with Crippen molar-refractivity contribution in [2.75, 3.05) is 18.0 Å². The number of oxazole rings is 1. The van der Waals surface area contributed by atoms with Crippen molar-refractivity contribution >= 4 is 17.1 Å². The van der Waals surface area contributed by atoms with E-state index in [2.05, 4.69) is 53.2 Å². The number of anilines is 1. The number of nitrogens with two attached hydrogens (primary N) is 1. The van der Waals surface area contributed by atoms with Gasteiger partial charge in [0.2, 0.25) is 0 Å². The van der Waals surface area contributed by atoms with Crippen LogP contribution in [0.4, 0.5) is 6.01 Å². The molecule has 124 valence electrons. The molecule has 1 fully saturated rings. The highest BCUT2D eigenvalue weighted by Gasteiger charge is 2.24. The quantitative estimate of drug-likeness (QED) is 0.793. The summed E-state index contributed by atoms with van der Waals surface area (Å²) in [6, 6.07) is 15.5. The number of hydrogen-bond acceptors (Lipinski definition) is 4. The van der Waals surface area contributed by atoms with Crippen LogP contribution in [0.1, 0.15) is 35.4 Å². The molecule has 4 nitrogen and oxygen atoms in total. The molecule has 0 aliphatic carbocycles. The molecule has 4 heteroatoms. The zero-order valence-electron chi connectivity index (χ0n) is 14.0. The van der Waals surface area contributed by atoms with Gasteiger partial charge in [0.25, 0.3) is 6.01 Å². The Kier molecular flexibility index (Phi) is 3.98. The summed E-state index contributed by atoms with van der Waals surface area (Å²) >= 11 is 0. The average Bonchev–Trinajstić information content (AvgIpc) is 3.05. The number of aromatic nitrogens is 1. The third kappa shape index (κ3) is 2.78. The first kappa shape index (κ1) is 15.2. The van der Waals surface area contributed by atoms with Crippen molar-refractivity contribution < 1.29 is 4.42 Å². The lowest BCUT2D eigenvalue weighted by atomic mass is 9.86. The lowest BCUT2D eigenvalue weighted by molar-refractivity contribution is 0.466. The SMILES string of the molecule is Cc1ccc2oc(N3CCC(c4ccccc4CN)CC3)nc2c1. The topological polar surface area (TPSA) is 55.3 Å². The van der Waals surface area contributed by atoms with Gasteiger partial charge >= 0.3 is 0 Å². The van der Waals surface area contributed by atoms with Crippen LogP contribution in [0.3, 0.4) is 0 Å². The van der Waals surface area contributed by atoms with Crippen LogP contribution < -0.4 is 10.6 Å². The molecule has 0 bridgehead atoms. The van der Waals surface area contributed by atoms with Gasteiger partial charge in [-0.25, -0.2) is 0 Å². The smallest absolute Gasteiger partial charge is 0.298 e. The van der Waals surface area contributed by atoms with E-state index in [-0.39, 0.29) is 0 Å². The Hall–Kier alpha value is -2.33. The fourth-order valence-corrected chi connectivity index (χ4v) is 3.66. The minimum Gasteiger partial charge on any atom is -0.423 e. The first-order valence-electron chi connectivity index (χ1n) is 8.64. The van der Waals surface area contributed by atoms with Crippen molar-refractivity contribution in [1.82, 2.24) is 4.98 Å². The maximum Gasteiger partial charge on any atom is 0.298 e. The minimum atomic E-state index is 0.577. The van der Waals surface area contributed by atoms with Gasteiger partial charge in [0.15, 0.2) is 5.58 Å². The van der Waals surface area contributed by atoms with E-state index < -0.39 is 0 Å². The van der Waals surface area contributed by atoms with E-state index in [0.717, 1.165) is 43.0 Å². The Morgan fingerprint density at radius 1 is 1.17 bits per heavy atom. The first-order valence-corrected chi connectivity index (χ1v) is 8.64. The molecule has 1 aliphatic heterocycles. The van der Waals surface area contributed by atoms with E-state index in [4.69, 9.17) is 10.2 Å². The molecule has 24 heavy (non-hydrogen) atoms. The number of benzene rings is 2. The number of rotatable bonds is 3. The van der Waals surface area contributed by atoms with Crippen molar-refractivity contribution in [3.05, 3.63) is 59.2 Å². The van der Waals surface area contributed by atoms with E-state index in [1.54, 1.807) is 0 Å². The molecular formula is C20H23N3O. The summed E-state index contributed by atoms with van der Waals surface area (Å²) in [5.74, 6) is 0.577. The zero-order chi connectivity index (χ0) is 16.5. The largest absolute Gasteiger partial charge is 0.423 e. The van der Waals surface area contributed by atoms with Crippen molar-refractivity contribution in [3.8, 4) is 0 Å². The first-order chi connectivity index (χ1) is 11.7. The summed E-state index contributed by atoms with van der Waals surface area (Å²) in [5, 5.41) is 0. The second-order valence-corrected chi connectivity index (χ2v) is 6.63. The van der Waals surface area contributed by atoms with Crippen LogP contribution in [0.2, 0.25) is 0 Å². The summed E-state index contributed by atoms with van der Waals surface area (Å²) in [4.78, 5) is 6.93. The number of aryl methyl sites for hydroxylation is 1. The molecule has 3 aromatic rings. The van der Waals surface area contributed by atoms with Crippen LogP contribution in [0, 0.1) is 6.92 Å². The van der Waals surface area contributed by atoms with Gasteiger partial charge < -0.3 is 15.1 Å². The van der Waals surface area contributed by atoms with Crippen LogP contribution in [-0.4, -0.2) is 18.1 Å². The van der Waals surface area contributed by atoms with Gasteiger partial charge in [0.1, 0.15) is 5.52 Å². The predicted molar refractivity (Wildman–Crippen MR) is 97.3 cm³/mol. The fourth-order valence-electron chi connectivity index (χ4n) is 3.66. The van der Waals surface area contributed by atoms with Crippen LogP contribution in [0.5, 0.6) is 0 Å². The Balaban J connectivity index is 1.51. The molecule has 2 N–H and O–H groups in total. The van der Waals surface area contributed by atoms with E-state index in [0.29, 0.717) is 12.5 Å². The summed E-state index contributed by atoms with van der Waals surface area (Å²) in [6.45, 7) is 4.62. The van der Waals surface area contributed by atoms with Crippen LogP contribution in [0.25, 0.3) is 11.1 Å². The Morgan fingerprint density at radius 2 is 1.96 bits per heavy atom. The Labute approximate surface area is 142 Å². The van der Waals surface area contributed by atoms with Crippen molar-refractivity contribution in [2.24, 2.45) is 5.73 Å². The van der Waals surface area contributed by atoms with E-state index in [1.807, 2.05) is 6.07 Å². The molecule has 4 rings (SSSR count). The van der Waals surface area contributed by atoms with Crippen LogP contribution >= 0.6 is 0 Å². The third-order valence-corrected chi connectivity index (χ3v) is 5.01. The second-order valence-electron chi connectivity index (χ2n) is 6.63. The lowest BCUT2D eigenvalue weighted by Crippen LogP contribution is -2.33. The molecule has 0 spiro atoms. The number of hydrogen-bond donors (Lipinski definition) is 1. The molecule has 0 radical (unpaired) electrons. The molecule has 0 saturated carbocycles. The lowest BCUT2D eigenvalue weighted by Gasteiger charge is -2.32. The Bertz CT molecular complexity index is 847. The zero-order valence-corrected chi connectivity index (χ0v) is 14.0. The summed E-state index contributed by atoms with van der Waals surface area (Å²) < 4.78 is 5.94. The van der Waals surface area contributed by atoms with Gasteiger partial charge in [-0.05, 0) is 54.5 Å². The maximum atomic E-state index is 5.94. The van der Waals surface area contributed by atoms with Crippen molar-refractivity contribution in [1.29, 1.82) is 0 Å². The van der Waals surface area contributed by atoms with Gasteiger partial charge in [-0.2, -0.15) is 4.98 Å². The van der Waals surface area contributed by atoms with Gasteiger partial charge in [0.05, 0.1) is 0 Å². The molecule has 1 saturated heterocycles. The molecule has 1 aromatic heterocycles. The molecule has 2 heterocycles.